The van der Waals surface area contributed by atoms with E-state index in [1.165, 1.54) is 34.7 Å². The summed E-state index contributed by atoms with van der Waals surface area (Å²) in [4.78, 5) is 44.9. The van der Waals surface area contributed by atoms with Crippen LogP contribution < -0.4 is 10.2 Å². The Morgan fingerprint density at radius 2 is 1.97 bits per heavy atom. The molecule has 0 saturated heterocycles. The lowest BCUT2D eigenvalue weighted by Crippen LogP contribution is -2.38. The van der Waals surface area contributed by atoms with Crippen molar-refractivity contribution in [3.8, 4) is 0 Å². The number of nitrogens with one attached hydrogen (secondary N) is 1. The number of hydrogen-bond donors (Lipinski definition) is 1. The molecule has 2 amide bonds. The summed E-state index contributed by atoms with van der Waals surface area (Å²) in [5, 5.41) is 6.33. The predicted molar refractivity (Wildman–Crippen MR) is 118 cm³/mol. The van der Waals surface area contributed by atoms with Gasteiger partial charge in [0.1, 0.15) is 11.4 Å². The van der Waals surface area contributed by atoms with Gasteiger partial charge in [-0.3, -0.25) is 9.59 Å². The molecule has 1 N–H and O–H groups in total. The topological polar surface area (TPSA) is 88.1 Å². The van der Waals surface area contributed by atoms with Crippen LogP contribution in [-0.4, -0.2) is 37.1 Å². The first kappa shape index (κ1) is 20.0. The molecule has 4 rings (SSSR count). The molecule has 30 heavy (non-hydrogen) atoms. The Morgan fingerprint density at radius 3 is 2.73 bits per heavy atom. The lowest BCUT2D eigenvalue weighted by Gasteiger charge is -2.21. The van der Waals surface area contributed by atoms with E-state index in [1.54, 1.807) is 23.6 Å². The maximum Gasteiger partial charge on any atom is 0.350 e. The second kappa shape index (κ2) is 8.60. The molecule has 3 heterocycles. The number of hydrogen-bond acceptors (Lipinski definition) is 7. The molecular formula is C21H17N3O4S2. The van der Waals surface area contributed by atoms with E-state index in [9.17, 15) is 14.4 Å². The quantitative estimate of drug-likeness (QED) is 0.607. The molecule has 0 radical (unpaired) electrons. The molecule has 0 aliphatic carbocycles. The molecule has 7 nitrogen and oxygen atoms in total. The second-order valence-electron chi connectivity index (χ2n) is 6.38. The number of benzene rings is 1. The normalized spacial score (nSPS) is 13.3. The molecule has 152 valence electrons. The number of ether oxygens (including phenoxy) is 1. The van der Waals surface area contributed by atoms with Crippen molar-refractivity contribution >= 4 is 63.2 Å². The third-order valence-corrected chi connectivity index (χ3v) is 6.28. The first-order valence-electron chi connectivity index (χ1n) is 9.03. The fourth-order valence-electron chi connectivity index (χ4n) is 3.10. The number of thiophene rings is 2. The zero-order valence-corrected chi connectivity index (χ0v) is 17.6. The number of methoxy groups -OCH3 is 1. The summed E-state index contributed by atoms with van der Waals surface area (Å²) in [5.41, 5.74) is 2.24. The molecule has 0 bridgehead atoms. The zero-order chi connectivity index (χ0) is 21.1. The van der Waals surface area contributed by atoms with Crippen molar-refractivity contribution in [1.82, 2.24) is 0 Å². The lowest BCUT2D eigenvalue weighted by atomic mass is 10.2. The van der Waals surface area contributed by atoms with E-state index in [0.717, 1.165) is 4.88 Å². The highest BCUT2D eigenvalue weighted by Crippen LogP contribution is 2.33. The van der Waals surface area contributed by atoms with Crippen LogP contribution in [-0.2, 0) is 14.3 Å². The Bertz CT molecular complexity index is 1130. The number of rotatable bonds is 5. The van der Waals surface area contributed by atoms with Crippen molar-refractivity contribution < 1.29 is 19.1 Å². The minimum Gasteiger partial charge on any atom is -0.465 e. The van der Waals surface area contributed by atoms with Gasteiger partial charge in [-0.25, -0.2) is 9.79 Å². The van der Waals surface area contributed by atoms with Gasteiger partial charge in [-0.2, -0.15) is 0 Å². The number of nitrogens with zero attached hydrogens (tertiary/aromatic N) is 2. The van der Waals surface area contributed by atoms with E-state index in [2.05, 4.69) is 10.3 Å². The molecule has 0 atom stereocenters. The third kappa shape index (κ3) is 4.03. The van der Waals surface area contributed by atoms with Crippen LogP contribution in [0.25, 0.3) is 0 Å². The van der Waals surface area contributed by atoms with E-state index >= 15 is 0 Å². The van der Waals surface area contributed by atoms with Crippen LogP contribution in [0, 0.1) is 0 Å². The van der Waals surface area contributed by atoms with Crippen molar-refractivity contribution in [2.45, 2.75) is 6.42 Å². The van der Waals surface area contributed by atoms with Crippen molar-refractivity contribution in [2.24, 2.45) is 4.99 Å². The highest BCUT2D eigenvalue weighted by Gasteiger charge is 2.27. The van der Waals surface area contributed by atoms with Crippen molar-refractivity contribution in [1.29, 1.82) is 0 Å². The first-order chi connectivity index (χ1) is 14.6. The summed E-state index contributed by atoms with van der Waals surface area (Å²) in [5.74, 6) is -1.16. The van der Waals surface area contributed by atoms with Crippen LogP contribution >= 0.6 is 22.7 Å². The van der Waals surface area contributed by atoms with E-state index in [-0.39, 0.29) is 18.9 Å². The highest BCUT2D eigenvalue weighted by molar-refractivity contribution is 7.12. The first-order valence-corrected chi connectivity index (χ1v) is 10.8. The Balaban J connectivity index is 1.58. The van der Waals surface area contributed by atoms with E-state index in [1.807, 2.05) is 29.6 Å². The van der Waals surface area contributed by atoms with Crippen molar-refractivity contribution in [3.05, 3.63) is 63.0 Å². The summed E-state index contributed by atoms with van der Waals surface area (Å²) in [7, 11) is 1.28. The van der Waals surface area contributed by atoms with Gasteiger partial charge in [0.05, 0.1) is 36.3 Å². The molecule has 3 aromatic rings. The van der Waals surface area contributed by atoms with E-state index in [4.69, 9.17) is 4.74 Å². The highest BCUT2D eigenvalue weighted by atomic mass is 32.1. The lowest BCUT2D eigenvalue weighted by molar-refractivity contribution is -0.120. The van der Waals surface area contributed by atoms with Gasteiger partial charge < -0.3 is 15.0 Å². The van der Waals surface area contributed by atoms with Crippen molar-refractivity contribution in [3.63, 3.8) is 0 Å². The fraction of sp³-hybridized carbons (Fsp3) is 0.143. The Labute approximate surface area is 180 Å². The number of esters is 1. The minimum absolute atomic E-state index is 0.0916. The molecule has 0 unspecified atom stereocenters. The molecule has 9 heteroatoms. The average Bonchev–Trinajstić information content (AvgIpc) is 3.41. The Morgan fingerprint density at radius 1 is 1.13 bits per heavy atom. The molecule has 1 aromatic carbocycles. The Kier molecular flexibility index (Phi) is 5.73. The molecule has 1 aliphatic rings. The molecule has 0 fully saturated rings. The average molecular weight is 440 g/mol. The number of anilines is 2. The van der Waals surface area contributed by atoms with Crippen LogP contribution in [0.5, 0.6) is 0 Å². The number of carbonyl (C=O) groups excluding carboxylic acids is 3. The fourth-order valence-corrected chi connectivity index (χ4v) is 4.58. The van der Waals surface area contributed by atoms with Gasteiger partial charge in [0.2, 0.25) is 11.8 Å². The van der Waals surface area contributed by atoms with Crippen LogP contribution in [0.2, 0.25) is 0 Å². The molecule has 0 saturated carbocycles. The number of para-hydroxylation sites is 2. The van der Waals surface area contributed by atoms with Crippen LogP contribution in [0.1, 0.15) is 21.0 Å². The summed E-state index contributed by atoms with van der Waals surface area (Å²) >= 11 is 2.69. The second-order valence-corrected chi connectivity index (χ2v) is 8.25. The van der Waals surface area contributed by atoms with Gasteiger partial charge in [0.25, 0.3) is 0 Å². The summed E-state index contributed by atoms with van der Waals surface area (Å²) in [6.07, 6.45) is 0.0916. The zero-order valence-electron chi connectivity index (χ0n) is 16.0. The van der Waals surface area contributed by atoms with Gasteiger partial charge in [0.15, 0.2) is 0 Å². The molecule has 0 spiro atoms. The van der Waals surface area contributed by atoms with E-state index in [0.29, 0.717) is 27.7 Å². The SMILES string of the molecule is COC(=O)c1sccc1NC(=O)CN1C(=O)CC(c2cccs2)=Nc2ccccc21. The van der Waals surface area contributed by atoms with Crippen LogP contribution in [0.4, 0.5) is 17.1 Å². The maximum atomic E-state index is 13.0. The minimum atomic E-state index is -0.523. The van der Waals surface area contributed by atoms with Gasteiger partial charge in [-0.1, -0.05) is 18.2 Å². The number of fused-ring (bicyclic) bond motifs is 1. The van der Waals surface area contributed by atoms with Gasteiger partial charge in [-0.05, 0) is 35.0 Å². The monoisotopic (exact) mass is 439 g/mol. The maximum absolute atomic E-state index is 13.0. The number of amides is 2. The number of carbonyl (C=O) groups is 3. The third-order valence-electron chi connectivity index (χ3n) is 4.47. The smallest absolute Gasteiger partial charge is 0.350 e. The predicted octanol–water partition coefficient (Wildman–Crippen LogP) is 4.09. The van der Waals surface area contributed by atoms with Crippen LogP contribution in [0.15, 0.2) is 58.2 Å². The van der Waals surface area contributed by atoms with Gasteiger partial charge in [0, 0.05) is 4.88 Å². The van der Waals surface area contributed by atoms with Gasteiger partial charge >= 0.3 is 5.97 Å². The van der Waals surface area contributed by atoms with E-state index < -0.39 is 11.9 Å². The summed E-state index contributed by atoms with van der Waals surface area (Å²) in [6, 6.07) is 12.7. The molecular weight excluding hydrogens is 422 g/mol. The summed E-state index contributed by atoms with van der Waals surface area (Å²) < 4.78 is 4.74. The molecule has 2 aromatic heterocycles. The standard InChI is InChI=1S/C21H17N3O4S2/c1-28-21(27)20-14(8-10-30-20)23-18(25)12-24-16-6-3-2-5-13(16)22-15(11-19(24)26)17-7-4-9-29-17/h2-10H,11-12H2,1H3,(H,23,25). The van der Waals surface area contributed by atoms with Crippen LogP contribution in [0.3, 0.4) is 0 Å². The largest absolute Gasteiger partial charge is 0.465 e. The summed E-state index contributed by atoms with van der Waals surface area (Å²) in [6.45, 7) is -0.195. The van der Waals surface area contributed by atoms with Crippen molar-refractivity contribution in [2.75, 3.05) is 23.9 Å². The number of aliphatic imine (C=N–C) groups is 1. The van der Waals surface area contributed by atoms with Gasteiger partial charge in [-0.15, -0.1) is 22.7 Å². The Hall–Kier alpha value is -3.30. The molecule has 1 aliphatic heterocycles.